The van der Waals surface area contributed by atoms with Crippen molar-refractivity contribution in [2.24, 2.45) is 0 Å². The number of ether oxygens (including phenoxy) is 3. The van der Waals surface area contributed by atoms with Crippen LogP contribution in [-0.2, 0) is 19.1 Å². The van der Waals surface area contributed by atoms with Crippen LogP contribution in [0.1, 0.15) is 11.1 Å². The van der Waals surface area contributed by atoms with E-state index >= 15 is 0 Å². The van der Waals surface area contributed by atoms with Crippen LogP contribution in [-0.4, -0.2) is 51.4 Å². The van der Waals surface area contributed by atoms with Crippen LogP contribution in [0.5, 0.6) is 5.75 Å². The van der Waals surface area contributed by atoms with Crippen LogP contribution in [0.4, 0.5) is 4.79 Å². The van der Waals surface area contributed by atoms with Gasteiger partial charge in [0.2, 0.25) is 0 Å². The normalized spacial score (nSPS) is 9.96. The third-order valence-corrected chi connectivity index (χ3v) is 3.04. The number of hydrogen-bond acceptors (Lipinski definition) is 6. The molecule has 0 aliphatic heterocycles. The summed E-state index contributed by atoms with van der Waals surface area (Å²) in [5, 5.41) is 4.42. The van der Waals surface area contributed by atoms with E-state index < -0.39 is 24.5 Å². The Bertz CT molecular complexity index is 588. The van der Waals surface area contributed by atoms with Crippen LogP contribution in [0.3, 0.4) is 0 Å². The fraction of sp³-hybridized carbons (Fsp3) is 0.438. The monoisotopic (exact) mass is 338 g/mol. The number of esters is 1. The molecule has 0 bridgehead atoms. The molecule has 1 rings (SSSR count). The lowest BCUT2D eigenvalue weighted by Gasteiger charge is -2.09. The molecule has 0 saturated carbocycles. The molecule has 1 aromatic carbocycles. The third kappa shape index (κ3) is 7.59. The summed E-state index contributed by atoms with van der Waals surface area (Å²) in [5.74, 6) is -0.898. The first-order chi connectivity index (χ1) is 11.4. The first-order valence-electron chi connectivity index (χ1n) is 7.34. The van der Waals surface area contributed by atoms with Crippen molar-refractivity contribution in [2.45, 2.75) is 13.8 Å². The minimum atomic E-state index is -0.732. The molecule has 0 atom stereocenters. The lowest BCUT2D eigenvalue weighted by molar-refractivity contribution is -0.150. The van der Waals surface area contributed by atoms with E-state index in [0.29, 0.717) is 12.4 Å². The summed E-state index contributed by atoms with van der Waals surface area (Å²) in [6, 6.07) is 4.75. The zero-order valence-electron chi connectivity index (χ0n) is 14.0. The zero-order chi connectivity index (χ0) is 17.9. The zero-order valence-corrected chi connectivity index (χ0v) is 14.0. The van der Waals surface area contributed by atoms with Crippen LogP contribution in [0, 0.1) is 13.8 Å². The number of rotatable bonds is 8. The summed E-state index contributed by atoms with van der Waals surface area (Å²) < 4.78 is 14.8. The second-order valence-electron chi connectivity index (χ2n) is 4.99. The molecule has 8 heteroatoms. The van der Waals surface area contributed by atoms with Gasteiger partial charge in [-0.05, 0) is 37.1 Å². The largest absolute Gasteiger partial charge is 0.482 e. The molecule has 0 radical (unpaired) electrons. The summed E-state index contributed by atoms with van der Waals surface area (Å²) in [6.45, 7) is 3.61. The van der Waals surface area contributed by atoms with Crippen LogP contribution in [0.15, 0.2) is 18.2 Å². The van der Waals surface area contributed by atoms with Crippen LogP contribution in [0.2, 0.25) is 0 Å². The van der Waals surface area contributed by atoms with Crippen molar-refractivity contribution >= 4 is 17.9 Å². The number of amides is 3. The van der Waals surface area contributed by atoms with Crippen LogP contribution < -0.4 is 15.4 Å². The van der Waals surface area contributed by atoms with Gasteiger partial charge in [0.25, 0.3) is 5.91 Å². The molecule has 24 heavy (non-hydrogen) atoms. The highest BCUT2D eigenvalue weighted by Gasteiger charge is 2.11. The fourth-order valence-electron chi connectivity index (χ4n) is 1.61. The Morgan fingerprint density at radius 3 is 2.50 bits per heavy atom. The molecule has 132 valence electrons. The number of imide groups is 1. The summed E-state index contributed by atoms with van der Waals surface area (Å²) in [5.41, 5.74) is 2.16. The van der Waals surface area contributed by atoms with Crippen molar-refractivity contribution in [1.82, 2.24) is 10.6 Å². The van der Waals surface area contributed by atoms with E-state index in [0.717, 1.165) is 11.1 Å². The maximum Gasteiger partial charge on any atom is 0.344 e. The highest BCUT2D eigenvalue weighted by molar-refractivity contribution is 5.95. The Labute approximate surface area is 140 Å². The van der Waals surface area contributed by atoms with Gasteiger partial charge in [-0.25, -0.2) is 9.59 Å². The Balaban J connectivity index is 2.24. The van der Waals surface area contributed by atoms with E-state index in [1.54, 1.807) is 12.1 Å². The lowest BCUT2D eigenvalue weighted by Crippen LogP contribution is -2.42. The number of methoxy groups -OCH3 is 1. The molecule has 0 unspecified atom stereocenters. The molecule has 0 aliphatic carbocycles. The van der Waals surface area contributed by atoms with Gasteiger partial charge in [-0.3, -0.25) is 10.1 Å². The maximum atomic E-state index is 11.5. The Morgan fingerprint density at radius 1 is 1.08 bits per heavy atom. The van der Waals surface area contributed by atoms with E-state index in [2.05, 4.69) is 5.32 Å². The average molecular weight is 338 g/mol. The molecule has 0 aromatic heterocycles. The van der Waals surface area contributed by atoms with E-state index in [1.165, 1.54) is 7.11 Å². The van der Waals surface area contributed by atoms with Gasteiger partial charge < -0.3 is 19.5 Å². The van der Waals surface area contributed by atoms with Gasteiger partial charge in [0, 0.05) is 13.7 Å². The molecule has 0 aliphatic rings. The maximum absolute atomic E-state index is 11.5. The predicted octanol–water partition coefficient (Wildman–Crippen LogP) is 0.698. The van der Waals surface area contributed by atoms with E-state index in [-0.39, 0.29) is 13.2 Å². The van der Waals surface area contributed by atoms with Crippen LogP contribution >= 0.6 is 0 Å². The number of benzene rings is 1. The number of aryl methyl sites for hydroxylation is 2. The quantitative estimate of drug-likeness (QED) is 0.534. The molecule has 3 amide bonds. The third-order valence-electron chi connectivity index (χ3n) is 3.04. The molecule has 0 heterocycles. The fourth-order valence-corrected chi connectivity index (χ4v) is 1.61. The molecular formula is C16H22N2O6. The van der Waals surface area contributed by atoms with Gasteiger partial charge in [-0.15, -0.1) is 0 Å². The van der Waals surface area contributed by atoms with Crippen molar-refractivity contribution in [1.29, 1.82) is 0 Å². The summed E-state index contributed by atoms with van der Waals surface area (Å²) in [6.07, 6.45) is 0. The number of urea groups is 1. The Hall–Kier alpha value is -2.61. The molecule has 8 nitrogen and oxygen atoms in total. The SMILES string of the molecule is COCCNC(=O)NC(=O)COC(=O)COc1ccc(C)c(C)c1. The van der Waals surface area contributed by atoms with Gasteiger partial charge >= 0.3 is 12.0 Å². The number of hydrogen-bond donors (Lipinski definition) is 2. The summed E-state index contributed by atoms with van der Waals surface area (Å²) in [4.78, 5) is 34.2. The average Bonchev–Trinajstić information content (AvgIpc) is 2.54. The first-order valence-corrected chi connectivity index (χ1v) is 7.34. The summed E-state index contributed by atoms with van der Waals surface area (Å²) >= 11 is 0. The number of nitrogens with one attached hydrogen (secondary N) is 2. The van der Waals surface area contributed by atoms with E-state index in [9.17, 15) is 14.4 Å². The predicted molar refractivity (Wildman–Crippen MR) is 85.8 cm³/mol. The van der Waals surface area contributed by atoms with Gasteiger partial charge in [0.05, 0.1) is 6.61 Å². The van der Waals surface area contributed by atoms with Gasteiger partial charge in [-0.2, -0.15) is 0 Å². The van der Waals surface area contributed by atoms with Crippen molar-refractivity contribution in [3.05, 3.63) is 29.3 Å². The molecule has 0 fully saturated rings. The van der Waals surface area contributed by atoms with Crippen molar-refractivity contribution in [3.8, 4) is 5.75 Å². The molecule has 0 saturated heterocycles. The topological polar surface area (TPSA) is 103 Å². The molecular weight excluding hydrogens is 316 g/mol. The Kier molecular flexibility index (Phi) is 8.28. The van der Waals surface area contributed by atoms with Gasteiger partial charge in [0.1, 0.15) is 5.75 Å². The van der Waals surface area contributed by atoms with Crippen molar-refractivity contribution in [3.63, 3.8) is 0 Å². The highest BCUT2D eigenvalue weighted by Crippen LogP contribution is 2.16. The molecule has 2 N–H and O–H groups in total. The smallest absolute Gasteiger partial charge is 0.344 e. The molecule has 0 spiro atoms. The highest BCUT2D eigenvalue weighted by atomic mass is 16.6. The number of carbonyl (C=O) groups is 3. The Morgan fingerprint density at radius 2 is 1.83 bits per heavy atom. The first kappa shape index (κ1) is 19.4. The standard InChI is InChI=1S/C16H22N2O6/c1-11-4-5-13(8-12(11)2)23-10-15(20)24-9-14(19)18-16(21)17-6-7-22-3/h4-5,8H,6-7,9-10H2,1-3H3,(H2,17,18,19,21). The van der Waals surface area contributed by atoms with Crippen molar-refractivity contribution < 1.29 is 28.6 Å². The number of carbonyl (C=O) groups excluding carboxylic acids is 3. The summed E-state index contributed by atoms with van der Waals surface area (Å²) in [7, 11) is 1.49. The van der Waals surface area contributed by atoms with E-state index in [4.69, 9.17) is 14.2 Å². The minimum absolute atomic E-state index is 0.263. The van der Waals surface area contributed by atoms with E-state index in [1.807, 2.05) is 25.2 Å². The van der Waals surface area contributed by atoms with Crippen LogP contribution in [0.25, 0.3) is 0 Å². The lowest BCUT2D eigenvalue weighted by atomic mass is 10.1. The van der Waals surface area contributed by atoms with Crippen molar-refractivity contribution in [2.75, 3.05) is 33.5 Å². The molecule has 1 aromatic rings. The van der Waals surface area contributed by atoms with Gasteiger partial charge in [-0.1, -0.05) is 6.07 Å². The second-order valence-corrected chi connectivity index (χ2v) is 4.99. The minimum Gasteiger partial charge on any atom is -0.482 e. The second kappa shape index (κ2) is 10.2. The van der Waals surface area contributed by atoms with Gasteiger partial charge in [0.15, 0.2) is 13.2 Å².